The van der Waals surface area contributed by atoms with Crippen LogP contribution in [0, 0.1) is 11.3 Å². The molecule has 2 N–H and O–H groups in total. The lowest BCUT2D eigenvalue weighted by atomic mass is 10.1. The average molecular weight is 201 g/mol. The van der Waals surface area contributed by atoms with Crippen LogP contribution in [0.1, 0.15) is 18.4 Å². The van der Waals surface area contributed by atoms with Crippen LogP contribution in [0.4, 0.5) is 5.69 Å². The Balaban J connectivity index is 1.95. The first kappa shape index (κ1) is 10.0. The Morgan fingerprint density at radius 3 is 2.73 bits per heavy atom. The summed E-state index contributed by atoms with van der Waals surface area (Å²) in [5.74, 6) is 0. The molecule has 1 atom stereocenters. The van der Waals surface area contributed by atoms with Gasteiger partial charge in [0.2, 0.25) is 0 Å². The van der Waals surface area contributed by atoms with Crippen molar-refractivity contribution >= 4 is 5.69 Å². The molecule has 1 aliphatic heterocycles. The van der Waals surface area contributed by atoms with Crippen LogP contribution in [-0.4, -0.2) is 19.1 Å². The molecule has 15 heavy (non-hydrogen) atoms. The summed E-state index contributed by atoms with van der Waals surface area (Å²) in [4.78, 5) is 0. The second-order valence-electron chi connectivity index (χ2n) is 3.88. The molecule has 0 saturated carbocycles. The SMILES string of the molecule is N#Cc1ccc(NC2CCCNC2)cc1. The zero-order valence-corrected chi connectivity index (χ0v) is 8.66. The van der Waals surface area contributed by atoms with Gasteiger partial charge in [-0.1, -0.05) is 0 Å². The van der Waals surface area contributed by atoms with Crippen LogP contribution in [0.2, 0.25) is 0 Å². The fourth-order valence-corrected chi connectivity index (χ4v) is 1.85. The van der Waals surface area contributed by atoms with Crippen molar-refractivity contribution in [3.63, 3.8) is 0 Å². The van der Waals surface area contributed by atoms with E-state index < -0.39 is 0 Å². The highest BCUT2D eigenvalue weighted by molar-refractivity contribution is 5.47. The maximum atomic E-state index is 8.67. The summed E-state index contributed by atoms with van der Waals surface area (Å²) in [6, 6.07) is 10.3. The van der Waals surface area contributed by atoms with Crippen LogP contribution >= 0.6 is 0 Å². The minimum atomic E-state index is 0.520. The van der Waals surface area contributed by atoms with Crippen molar-refractivity contribution in [1.82, 2.24) is 5.32 Å². The van der Waals surface area contributed by atoms with Gasteiger partial charge in [-0.25, -0.2) is 0 Å². The molecule has 1 heterocycles. The van der Waals surface area contributed by atoms with Gasteiger partial charge in [0.05, 0.1) is 11.6 Å². The Bertz CT molecular complexity index is 344. The van der Waals surface area contributed by atoms with Gasteiger partial charge in [0.15, 0.2) is 0 Å². The third-order valence-corrected chi connectivity index (χ3v) is 2.68. The van der Waals surface area contributed by atoms with Gasteiger partial charge in [0, 0.05) is 18.3 Å². The van der Waals surface area contributed by atoms with Crippen LogP contribution in [0.25, 0.3) is 0 Å². The van der Waals surface area contributed by atoms with Crippen LogP contribution in [0.3, 0.4) is 0 Å². The maximum absolute atomic E-state index is 8.67. The number of nitriles is 1. The summed E-state index contributed by atoms with van der Waals surface area (Å²) in [5, 5.41) is 15.5. The Labute approximate surface area is 90.1 Å². The van der Waals surface area contributed by atoms with Gasteiger partial charge >= 0.3 is 0 Å². The van der Waals surface area contributed by atoms with E-state index in [1.54, 1.807) is 0 Å². The van der Waals surface area contributed by atoms with Gasteiger partial charge in [-0.2, -0.15) is 5.26 Å². The second-order valence-corrected chi connectivity index (χ2v) is 3.88. The van der Waals surface area contributed by atoms with Gasteiger partial charge < -0.3 is 10.6 Å². The maximum Gasteiger partial charge on any atom is 0.0991 e. The largest absolute Gasteiger partial charge is 0.381 e. The first-order valence-corrected chi connectivity index (χ1v) is 5.36. The van der Waals surface area contributed by atoms with Crippen molar-refractivity contribution in [3.05, 3.63) is 29.8 Å². The van der Waals surface area contributed by atoms with E-state index >= 15 is 0 Å². The van der Waals surface area contributed by atoms with Crippen LogP contribution in [0.15, 0.2) is 24.3 Å². The Kier molecular flexibility index (Phi) is 3.21. The lowest BCUT2D eigenvalue weighted by molar-refractivity contribution is 0.480. The molecule has 0 aromatic heterocycles. The Morgan fingerprint density at radius 1 is 1.33 bits per heavy atom. The molecule has 3 heteroatoms. The summed E-state index contributed by atoms with van der Waals surface area (Å²) in [6.07, 6.45) is 2.45. The molecule has 1 aromatic carbocycles. The molecular weight excluding hydrogens is 186 g/mol. The Hall–Kier alpha value is -1.53. The zero-order valence-electron chi connectivity index (χ0n) is 8.66. The minimum Gasteiger partial charge on any atom is -0.381 e. The first-order chi connectivity index (χ1) is 7.38. The standard InChI is InChI=1S/C12H15N3/c13-8-10-3-5-11(6-4-10)15-12-2-1-7-14-9-12/h3-6,12,14-15H,1-2,7,9H2. The molecule has 1 unspecified atom stereocenters. The normalized spacial score (nSPS) is 20.6. The van der Waals surface area contributed by atoms with Gasteiger partial charge in [-0.3, -0.25) is 0 Å². The summed E-state index contributed by atoms with van der Waals surface area (Å²) < 4.78 is 0. The minimum absolute atomic E-state index is 0.520. The van der Waals surface area contributed by atoms with Crippen molar-refractivity contribution in [1.29, 1.82) is 5.26 Å². The van der Waals surface area contributed by atoms with E-state index in [0.29, 0.717) is 11.6 Å². The summed E-state index contributed by atoms with van der Waals surface area (Å²) >= 11 is 0. The average Bonchev–Trinajstić information content (AvgIpc) is 2.31. The number of nitrogens with one attached hydrogen (secondary N) is 2. The second kappa shape index (κ2) is 4.81. The highest BCUT2D eigenvalue weighted by Gasteiger charge is 2.11. The third-order valence-electron chi connectivity index (χ3n) is 2.68. The highest BCUT2D eigenvalue weighted by Crippen LogP contribution is 2.13. The number of rotatable bonds is 2. The fraction of sp³-hybridized carbons (Fsp3) is 0.417. The molecular formula is C12H15N3. The van der Waals surface area contributed by atoms with Crippen molar-refractivity contribution < 1.29 is 0 Å². The van der Waals surface area contributed by atoms with Crippen LogP contribution in [-0.2, 0) is 0 Å². The predicted octanol–water partition coefficient (Wildman–Crippen LogP) is 1.72. The Morgan fingerprint density at radius 2 is 2.13 bits per heavy atom. The third kappa shape index (κ3) is 2.71. The molecule has 2 rings (SSSR count). The van der Waals surface area contributed by atoms with Crippen LogP contribution < -0.4 is 10.6 Å². The molecule has 0 aliphatic carbocycles. The van der Waals surface area contributed by atoms with E-state index in [0.717, 1.165) is 18.8 Å². The zero-order chi connectivity index (χ0) is 10.5. The van der Waals surface area contributed by atoms with E-state index in [4.69, 9.17) is 5.26 Å². The summed E-state index contributed by atoms with van der Waals surface area (Å²) in [5.41, 5.74) is 1.81. The van der Waals surface area contributed by atoms with E-state index in [1.807, 2.05) is 24.3 Å². The van der Waals surface area contributed by atoms with E-state index in [1.165, 1.54) is 12.8 Å². The van der Waals surface area contributed by atoms with Crippen molar-refractivity contribution in [2.75, 3.05) is 18.4 Å². The highest BCUT2D eigenvalue weighted by atomic mass is 15.0. The van der Waals surface area contributed by atoms with Crippen molar-refractivity contribution in [3.8, 4) is 6.07 Å². The van der Waals surface area contributed by atoms with Crippen molar-refractivity contribution in [2.45, 2.75) is 18.9 Å². The molecule has 3 nitrogen and oxygen atoms in total. The molecule has 0 bridgehead atoms. The van der Waals surface area contributed by atoms with Gasteiger partial charge in [0.1, 0.15) is 0 Å². The van der Waals surface area contributed by atoms with E-state index in [-0.39, 0.29) is 0 Å². The number of piperidine rings is 1. The van der Waals surface area contributed by atoms with E-state index in [2.05, 4.69) is 16.7 Å². The van der Waals surface area contributed by atoms with Crippen LogP contribution in [0.5, 0.6) is 0 Å². The molecule has 1 fully saturated rings. The lowest BCUT2D eigenvalue weighted by Crippen LogP contribution is -2.38. The number of hydrogen-bond acceptors (Lipinski definition) is 3. The smallest absolute Gasteiger partial charge is 0.0991 e. The monoisotopic (exact) mass is 201 g/mol. The number of benzene rings is 1. The quantitative estimate of drug-likeness (QED) is 0.766. The first-order valence-electron chi connectivity index (χ1n) is 5.36. The predicted molar refractivity (Wildman–Crippen MR) is 60.7 cm³/mol. The van der Waals surface area contributed by atoms with E-state index in [9.17, 15) is 0 Å². The summed E-state index contributed by atoms with van der Waals surface area (Å²) in [6.45, 7) is 2.16. The molecule has 0 amide bonds. The van der Waals surface area contributed by atoms with Gasteiger partial charge in [-0.15, -0.1) is 0 Å². The lowest BCUT2D eigenvalue weighted by Gasteiger charge is -2.24. The molecule has 1 aromatic rings. The van der Waals surface area contributed by atoms with Gasteiger partial charge in [0.25, 0.3) is 0 Å². The molecule has 0 radical (unpaired) electrons. The number of anilines is 1. The van der Waals surface area contributed by atoms with Crippen molar-refractivity contribution in [2.24, 2.45) is 0 Å². The molecule has 1 aliphatic rings. The van der Waals surface area contributed by atoms with Gasteiger partial charge in [-0.05, 0) is 43.7 Å². The number of nitrogens with zero attached hydrogens (tertiary/aromatic N) is 1. The molecule has 0 spiro atoms. The number of hydrogen-bond donors (Lipinski definition) is 2. The molecule has 78 valence electrons. The summed E-state index contributed by atoms with van der Waals surface area (Å²) in [7, 11) is 0. The molecule has 1 saturated heterocycles. The topological polar surface area (TPSA) is 47.9 Å². The fourth-order valence-electron chi connectivity index (χ4n) is 1.85.